The zero-order valence-corrected chi connectivity index (χ0v) is 18.8. The van der Waals surface area contributed by atoms with Crippen LogP contribution < -0.4 is 5.73 Å². The van der Waals surface area contributed by atoms with E-state index >= 15 is 0 Å². The fourth-order valence-electron chi connectivity index (χ4n) is 6.14. The van der Waals surface area contributed by atoms with Crippen molar-refractivity contribution in [3.05, 3.63) is 35.4 Å². The number of ketones is 1. The summed E-state index contributed by atoms with van der Waals surface area (Å²) >= 11 is 0. The molecule has 1 saturated heterocycles. The SMILES string of the molecule is NC(=O)C1(C2(C(=O)O)CC2)CCC(CCN2CCC(C(=O)c3ccc(F)cc3F)CC2)CC1. The van der Waals surface area contributed by atoms with Crippen molar-refractivity contribution in [1.29, 1.82) is 0 Å². The van der Waals surface area contributed by atoms with E-state index in [0.29, 0.717) is 44.4 Å². The number of carboxylic acids is 1. The first-order valence-corrected chi connectivity index (χ1v) is 11.9. The maximum Gasteiger partial charge on any atom is 0.310 e. The molecule has 1 heterocycles. The van der Waals surface area contributed by atoms with E-state index in [1.165, 1.54) is 6.07 Å². The lowest BCUT2D eigenvalue weighted by molar-refractivity contribution is -0.157. The van der Waals surface area contributed by atoms with Gasteiger partial charge in [-0.1, -0.05) is 0 Å². The van der Waals surface area contributed by atoms with E-state index in [1.807, 2.05) is 0 Å². The minimum absolute atomic E-state index is 0.0372. The van der Waals surface area contributed by atoms with Crippen LogP contribution in [-0.2, 0) is 9.59 Å². The van der Waals surface area contributed by atoms with Crippen LogP contribution in [0.25, 0.3) is 0 Å². The maximum atomic E-state index is 14.0. The molecule has 1 aliphatic heterocycles. The predicted molar refractivity (Wildman–Crippen MR) is 117 cm³/mol. The summed E-state index contributed by atoms with van der Waals surface area (Å²) < 4.78 is 27.1. The Morgan fingerprint density at radius 1 is 1.00 bits per heavy atom. The zero-order valence-electron chi connectivity index (χ0n) is 18.8. The number of benzene rings is 1. The molecule has 3 fully saturated rings. The standard InChI is InChI=1S/C25H32F2N2O4/c26-18-1-2-19(20(27)15-18)21(30)17-6-13-29(14-7-17)12-5-16-3-8-24(9-4-16,22(28)31)25(10-11-25)23(32)33/h1-2,15-17H,3-14H2,(H2,28,31)(H,32,33). The molecule has 3 aliphatic rings. The molecule has 2 saturated carbocycles. The highest BCUT2D eigenvalue weighted by atomic mass is 19.1. The third-order valence-electron chi connectivity index (χ3n) is 8.51. The van der Waals surface area contributed by atoms with Crippen molar-refractivity contribution >= 4 is 17.7 Å². The van der Waals surface area contributed by atoms with Crippen molar-refractivity contribution in [1.82, 2.24) is 4.90 Å². The van der Waals surface area contributed by atoms with E-state index in [9.17, 15) is 28.3 Å². The number of nitrogens with two attached hydrogens (primary N) is 1. The number of primary amides is 1. The van der Waals surface area contributed by atoms with Crippen molar-refractivity contribution in [2.75, 3.05) is 19.6 Å². The summed E-state index contributed by atoms with van der Waals surface area (Å²) in [6, 6.07) is 3.09. The van der Waals surface area contributed by atoms with E-state index in [1.54, 1.807) is 0 Å². The van der Waals surface area contributed by atoms with Gasteiger partial charge in [-0.15, -0.1) is 0 Å². The number of rotatable bonds is 8. The molecular weight excluding hydrogens is 430 g/mol. The average molecular weight is 463 g/mol. The molecule has 4 rings (SSSR count). The van der Waals surface area contributed by atoms with Gasteiger partial charge in [0.1, 0.15) is 11.6 Å². The fourth-order valence-corrected chi connectivity index (χ4v) is 6.14. The van der Waals surface area contributed by atoms with Gasteiger partial charge < -0.3 is 15.7 Å². The highest BCUT2D eigenvalue weighted by molar-refractivity contribution is 5.98. The van der Waals surface area contributed by atoms with Gasteiger partial charge in [-0.25, -0.2) is 8.78 Å². The number of halogens is 2. The molecule has 0 atom stereocenters. The van der Waals surface area contributed by atoms with Gasteiger partial charge in [0.15, 0.2) is 5.78 Å². The van der Waals surface area contributed by atoms with Gasteiger partial charge in [0.25, 0.3) is 0 Å². The van der Waals surface area contributed by atoms with Gasteiger partial charge >= 0.3 is 5.97 Å². The normalized spacial score (nSPS) is 27.8. The monoisotopic (exact) mass is 462 g/mol. The van der Waals surface area contributed by atoms with Crippen molar-refractivity contribution in [3.8, 4) is 0 Å². The molecule has 0 spiro atoms. The highest BCUT2D eigenvalue weighted by Crippen LogP contribution is 2.64. The van der Waals surface area contributed by atoms with Crippen LogP contribution in [0.5, 0.6) is 0 Å². The number of Topliss-reactive ketones (excluding diaryl/α,β-unsaturated/α-hetero) is 1. The van der Waals surface area contributed by atoms with Crippen molar-refractivity contribution in [3.63, 3.8) is 0 Å². The van der Waals surface area contributed by atoms with Crippen LogP contribution in [-0.4, -0.2) is 47.3 Å². The molecule has 8 heteroatoms. The Morgan fingerprint density at radius 2 is 1.64 bits per heavy atom. The molecule has 0 radical (unpaired) electrons. The lowest BCUT2D eigenvalue weighted by Gasteiger charge is -2.42. The lowest BCUT2D eigenvalue weighted by atomic mass is 9.60. The molecule has 0 unspecified atom stereocenters. The van der Waals surface area contributed by atoms with E-state index in [2.05, 4.69) is 4.90 Å². The molecule has 1 aromatic carbocycles. The molecule has 6 nitrogen and oxygen atoms in total. The smallest absolute Gasteiger partial charge is 0.310 e. The molecular formula is C25H32F2N2O4. The van der Waals surface area contributed by atoms with E-state index < -0.39 is 34.3 Å². The molecule has 1 amide bonds. The molecule has 1 aromatic rings. The van der Waals surface area contributed by atoms with E-state index in [0.717, 1.165) is 51.0 Å². The highest BCUT2D eigenvalue weighted by Gasteiger charge is 2.67. The minimum Gasteiger partial charge on any atom is -0.481 e. The van der Waals surface area contributed by atoms with Crippen LogP contribution in [0.1, 0.15) is 68.1 Å². The van der Waals surface area contributed by atoms with Gasteiger partial charge in [-0.3, -0.25) is 14.4 Å². The first-order valence-electron chi connectivity index (χ1n) is 11.9. The molecule has 33 heavy (non-hydrogen) atoms. The Balaban J connectivity index is 1.24. The first-order chi connectivity index (χ1) is 15.7. The van der Waals surface area contributed by atoms with Crippen molar-refractivity contribution < 1.29 is 28.3 Å². The van der Waals surface area contributed by atoms with Gasteiger partial charge in [-0.05, 0) is 95.5 Å². The second-order valence-electron chi connectivity index (χ2n) is 10.2. The summed E-state index contributed by atoms with van der Waals surface area (Å²) in [5, 5.41) is 9.69. The average Bonchev–Trinajstić information content (AvgIpc) is 3.60. The Labute approximate surface area is 192 Å². The van der Waals surface area contributed by atoms with Gasteiger partial charge in [-0.2, -0.15) is 0 Å². The summed E-state index contributed by atoms with van der Waals surface area (Å²) in [6.07, 6.45) is 6.00. The second-order valence-corrected chi connectivity index (χ2v) is 10.2. The van der Waals surface area contributed by atoms with Crippen LogP contribution in [0.3, 0.4) is 0 Å². The third-order valence-corrected chi connectivity index (χ3v) is 8.51. The number of hydrogen-bond acceptors (Lipinski definition) is 4. The lowest BCUT2D eigenvalue weighted by Crippen LogP contribution is -2.50. The van der Waals surface area contributed by atoms with Crippen LogP contribution in [0, 0.1) is 34.3 Å². The second kappa shape index (κ2) is 9.12. The number of carboxylic acid groups (broad SMARTS) is 1. The van der Waals surface area contributed by atoms with E-state index in [-0.39, 0.29) is 17.3 Å². The number of carbonyl (C=O) groups is 3. The fraction of sp³-hybridized carbons (Fsp3) is 0.640. The predicted octanol–water partition coefficient (Wildman–Crippen LogP) is 3.78. The Kier molecular flexibility index (Phi) is 6.58. The van der Waals surface area contributed by atoms with Gasteiger partial charge in [0, 0.05) is 12.0 Å². The number of aliphatic carboxylic acids is 1. The molecule has 0 aromatic heterocycles. The Bertz CT molecular complexity index is 930. The number of hydrogen-bond donors (Lipinski definition) is 2. The summed E-state index contributed by atoms with van der Waals surface area (Å²) in [4.78, 5) is 39.1. The molecule has 0 bridgehead atoms. The Hall–Kier alpha value is -2.35. The summed E-state index contributed by atoms with van der Waals surface area (Å²) in [6.45, 7) is 2.38. The van der Waals surface area contributed by atoms with Crippen LogP contribution in [0.4, 0.5) is 8.78 Å². The molecule has 3 N–H and O–H groups in total. The van der Waals surface area contributed by atoms with Crippen molar-refractivity contribution in [2.45, 2.75) is 57.8 Å². The summed E-state index contributed by atoms with van der Waals surface area (Å²) in [5.74, 6) is -2.93. The number of amides is 1. The molecule has 180 valence electrons. The first kappa shape index (κ1) is 23.8. The van der Waals surface area contributed by atoms with Crippen LogP contribution >= 0.6 is 0 Å². The van der Waals surface area contributed by atoms with Crippen molar-refractivity contribution in [2.24, 2.45) is 28.4 Å². The van der Waals surface area contributed by atoms with Gasteiger partial charge in [0.05, 0.1) is 16.4 Å². The van der Waals surface area contributed by atoms with E-state index in [4.69, 9.17) is 5.73 Å². The largest absolute Gasteiger partial charge is 0.481 e. The molecule has 2 aliphatic carbocycles. The third kappa shape index (κ3) is 4.42. The number of carbonyl (C=O) groups excluding carboxylic acids is 2. The maximum absolute atomic E-state index is 14.0. The summed E-state index contributed by atoms with van der Waals surface area (Å²) in [7, 11) is 0. The quantitative estimate of drug-likeness (QED) is 0.573. The number of nitrogens with zero attached hydrogens (tertiary/aromatic N) is 1. The van der Waals surface area contributed by atoms with Crippen LogP contribution in [0.15, 0.2) is 18.2 Å². The number of piperidine rings is 1. The zero-order chi connectivity index (χ0) is 23.8. The van der Waals surface area contributed by atoms with Crippen LogP contribution in [0.2, 0.25) is 0 Å². The topological polar surface area (TPSA) is 101 Å². The minimum atomic E-state index is -0.956. The Morgan fingerprint density at radius 3 is 2.15 bits per heavy atom. The van der Waals surface area contributed by atoms with Gasteiger partial charge in [0.2, 0.25) is 5.91 Å². The summed E-state index contributed by atoms with van der Waals surface area (Å²) in [5.41, 5.74) is 3.81. The number of likely N-dealkylation sites (tertiary alicyclic amines) is 1.